The fourth-order valence-electron chi connectivity index (χ4n) is 2.51. The molecule has 2 rings (SSSR count). The van der Waals surface area contributed by atoms with Crippen molar-refractivity contribution in [3.05, 3.63) is 29.9 Å². The van der Waals surface area contributed by atoms with Crippen LogP contribution in [-0.2, 0) is 13.6 Å². The Morgan fingerprint density at radius 1 is 1.42 bits per heavy atom. The Labute approximate surface area is 116 Å². The van der Waals surface area contributed by atoms with Crippen LogP contribution in [0.25, 0.3) is 0 Å². The van der Waals surface area contributed by atoms with Crippen molar-refractivity contribution in [2.24, 2.45) is 7.05 Å². The Morgan fingerprint density at radius 2 is 2.21 bits per heavy atom. The summed E-state index contributed by atoms with van der Waals surface area (Å²) in [5, 5.41) is 0. The highest BCUT2D eigenvalue weighted by Crippen LogP contribution is 2.13. The summed E-state index contributed by atoms with van der Waals surface area (Å²) in [4.78, 5) is 9.48. The first-order chi connectivity index (χ1) is 9.06. The van der Waals surface area contributed by atoms with Crippen LogP contribution in [0.15, 0.2) is 24.0 Å². The molecular weight excluding hydrogens is 236 g/mol. The molecule has 0 radical (unpaired) electrons. The number of nitrogens with zero attached hydrogens (tertiary/aromatic N) is 4. The minimum Gasteiger partial charge on any atom is -0.337 e. The zero-order valence-corrected chi connectivity index (χ0v) is 12.6. The Kier molecular flexibility index (Phi) is 4.77. The second-order valence-electron chi connectivity index (χ2n) is 5.81. The molecule has 0 aromatic carbocycles. The Hall–Kier alpha value is -1.13. The number of aromatic nitrogens is 2. The molecule has 0 bridgehead atoms. The van der Waals surface area contributed by atoms with Crippen molar-refractivity contribution in [2.75, 3.05) is 26.2 Å². The van der Waals surface area contributed by atoms with Gasteiger partial charge < -0.3 is 4.57 Å². The van der Waals surface area contributed by atoms with Crippen LogP contribution in [0.4, 0.5) is 0 Å². The third kappa shape index (κ3) is 3.91. The largest absolute Gasteiger partial charge is 0.337 e. The molecule has 2 heterocycles. The predicted octanol–water partition coefficient (Wildman–Crippen LogP) is 1.89. The molecule has 1 aliphatic heterocycles. The van der Waals surface area contributed by atoms with Crippen LogP contribution >= 0.6 is 0 Å². The van der Waals surface area contributed by atoms with E-state index in [1.165, 1.54) is 5.57 Å². The van der Waals surface area contributed by atoms with Gasteiger partial charge in [-0.1, -0.05) is 11.6 Å². The van der Waals surface area contributed by atoms with Crippen molar-refractivity contribution in [1.82, 2.24) is 19.4 Å². The van der Waals surface area contributed by atoms with Crippen molar-refractivity contribution in [1.29, 1.82) is 0 Å². The molecular formula is C15H26N4. The van der Waals surface area contributed by atoms with E-state index in [0.717, 1.165) is 38.5 Å². The third-order valence-corrected chi connectivity index (χ3v) is 3.87. The van der Waals surface area contributed by atoms with Crippen LogP contribution in [0.3, 0.4) is 0 Å². The lowest BCUT2D eigenvalue weighted by Gasteiger charge is -2.39. The number of hydrogen-bond donors (Lipinski definition) is 0. The molecule has 106 valence electrons. The lowest BCUT2D eigenvalue weighted by molar-refractivity contribution is 0.0821. The summed E-state index contributed by atoms with van der Waals surface area (Å²) in [6.45, 7) is 12.1. The maximum Gasteiger partial charge on any atom is 0.122 e. The van der Waals surface area contributed by atoms with Gasteiger partial charge in [-0.05, 0) is 20.8 Å². The molecule has 0 aliphatic carbocycles. The summed E-state index contributed by atoms with van der Waals surface area (Å²) in [6, 6.07) is 0.594. The first-order valence-electron chi connectivity index (χ1n) is 7.12. The van der Waals surface area contributed by atoms with Gasteiger partial charge in [-0.2, -0.15) is 0 Å². The molecule has 1 aromatic heterocycles. The van der Waals surface area contributed by atoms with Gasteiger partial charge in [0.2, 0.25) is 0 Å². The summed E-state index contributed by atoms with van der Waals surface area (Å²) >= 11 is 0. The van der Waals surface area contributed by atoms with Gasteiger partial charge in [-0.15, -0.1) is 0 Å². The summed E-state index contributed by atoms with van der Waals surface area (Å²) < 4.78 is 2.11. The predicted molar refractivity (Wildman–Crippen MR) is 79.0 cm³/mol. The van der Waals surface area contributed by atoms with Crippen LogP contribution in [0.1, 0.15) is 26.6 Å². The van der Waals surface area contributed by atoms with E-state index >= 15 is 0 Å². The Bertz CT molecular complexity index is 431. The van der Waals surface area contributed by atoms with E-state index < -0.39 is 0 Å². The Morgan fingerprint density at radius 3 is 2.79 bits per heavy atom. The van der Waals surface area contributed by atoms with Gasteiger partial charge in [0.05, 0.1) is 6.54 Å². The topological polar surface area (TPSA) is 24.3 Å². The summed E-state index contributed by atoms with van der Waals surface area (Å²) in [5.74, 6) is 1.16. The van der Waals surface area contributed by atoms with E-state index in [1.54, 1.807) is 0 Å². The molecule has 0 N–H and O–H groups in total. The molecule has 4 nitrogen and oxygen atoms in total. The molecule has 1 saturated heterocycles. The normalized spacial score (nSPS) is 21.6. The molecule has 0 saturated carbocycles. The number of allylic oxidation sites excluding steroid dienone is 1. The van der Waals surface area contributed by atoms with E-state index in [-0.39, 0.29) is 0 Å². The van der Waals surface area contributed by atoms with Crippen molar-refractivity contribution in [3.63, 3.8) is 0 Å². The van der Waals surface area contributed by atoms with Crippen molar-refractivity contribution < 1.29 is 0 Å². The smallest absolute Gasteiger partial charge is 0.122 e. The van der Waals surface area contributed by atoms with Crippen LogP contribution in [0.2, 0.25) is 0 Å². The molecule has 1 aliphatic rings. The van der Waals surface area contributed by atoms with Crippen LogP contribution < -0.4 is 0 Å². The fourth-order valence-corrected chi connectivity index (χ4v) is 2.51. The van der Waals surface area contributed by atoms with E-state index in [1.807, 2.05) is 12.4 Å². The quantitative estimate of drug-likeness (QED) is 0.775. The van der Waals surface area contributed by atoms with Gasteiger partial charge in [-0.25, -0.2) is 4.98 Å². The molecule has 19 heavy (non-hydrogen) atoms. The highest BCUT2D eigenvalue weighted by atomic mass is 15.3. The molecule has 4 heteroatoms. The SMILES string of the molecule is CC(C)=CCN1CCN(Cc2nccn2C)[C@H](C)C1. The van der Waals surface area contributed by atoms with Crippen molar-refractivity contribution in [3.8, 4) is 0 Å². The van der Waals surface area contributed by atoms with Gasteiger partial charge in [0.25, 0.3) is 0 Å². The standard InChI is InChI=1S/C15H26N4/c1-13(2)5-7-18-9-10-19(14(3)11-18)12-15-16-6-8-17(15)4/h5-6,8,14H,7,9-12H2,1-4H3/t14-/m1/s1. The number of piperazine rings is 1. The van der Waals surface area contributed by atoms with Crippen LogP contribution in [-0.4, -0.2) is 51.6 Å². The molecule has 0 spiro atoms. The maximum absolute atomic E-state index is 4.42. The summed E-state index contributed by atoms with van der Waals surface area (Å²) in [6.07, 6.45) is 6.22. The van der Waals surface area contributed by atoms with E-state index in [0.29, 0.717) is 6.04 Å². The van der Waals surface area contributed by atoms with Gasteiger partial charge in [0, 0.05) is 51.7 Å². The van der Waals surface area contributed by atoms with Gasteiger partial charge >= 0.3 is 0 Å². The van der Waals surface area contributed by atoms with Crippen LogP contribution in [0, 0.1) is 0 Å². The van der Waals surface area contributed by atoms with Crippen LogP contribution in [0.5, 0.6) is 0 Å². The zero-order valence-electron chi connectivity index (χ0n) is 12.6. The summed E-state index contributed by atoms with van der Waals surface area (Å²) in [5.41, 5.74) is 1.41. The third-order valence-electron chi connectivity index (χ3n) is 3.87. The maximum atomic E-state index is 4.42. The fraction of sp³-hybridized carbons (Fsp3) is 0.667. The first kappa shape index (κ1) is 14.3. The number of aryl methyl sites for hydroxylation is 1. The van der Waals surface area contributed by atoms with Crippen molar-refractivity contribution >= 4 is 0 Å². The molecule has 1 aromatic rings. The molecule has 1 atom stereocenters. The monoisotopic (exact) mass is 262 g/mol. The van der Waals surface area contributed by atoms with E-state index in [2.05, 4.69) is 53.2 Å². The first-order valence-corrected chi connectivity index (χ1v) is 7.12. The number of imidazole rings is 1. The highest BCUT2D eigenvalue weighted by molar-refractivity contribution is 4.97. The van der Waals surface area contributed by atoms with Gasteiger partial charge in [-0.3, -0.25) is 9.80 Å². The minimum absolute atomic E-state index is 0.594. The zero-order chi connectivity index (χ0) is 13.8. The number of rotatable bonds is 4. The van der Waals surface area contributed by atoms with E-state index in [4.69, 9.17) is 0 Å². The number of hydrogen-bond acceptors (Lipinski definition) is 3. The average molecular weight is 262 g/mol. The lowest BCUT2D eigenvalue weighted by Crippen LogP contribution is -2.51. The van der Waals surface area contributed by atoms with E-state index in [9.17, 15) is 0 Å². The second kappa shape index (κ2) is 6.35. The minimum atomic E-state index is 0.594. The summed E-state index contributed by atoms with van der Waals surface area (Å²) in [7, 11) is 2.07. The Balaban J connectivity index is 1.87. The lowest BCUT2D eigenvalue weighted by atomic mass is 10.2. The van der Waals surface area contributed by atoms with Gasteiger partial charge in [0.15, 0.2) is 0 Å². The molecule has 0 amide bonds. The molecule has 0 unspecified atom stereocenters. The average Bonchev–Trinajstić information content (AvgIpc) is 2.75. The van der Waals surface area contributed by atoms with Gasteiger partial charge in [0.1, 0.15) is 5.82 Å². The van der Waals surface area contributed by atoms with Crippen molar-refractivity contribution in [2.45, 2.75) is 33.4 Å². The second-order valence-corrected chi connectivity index (χ2v) is 5.81. The molecule has 1 fully saturated rings. The highest BCUT2D eigenvalue weighted by Gasteiger charge is 2.23.